The number of thiophene rings is 1. The zero-order valence-corrected chi connectivity index (χ0v) is 15.8. The molecule has 1 unspecified atom stereocenters. The third-order valence-corrected chi connectivity index (χ3v) is 5.87. The van der Waals surface area contributed by atoms with E-state index in [2.05, 4.69) is 0 Å². The van der Waals surface area contributed by atoms with Crippen LogP contribution in [-0.4, -0.2) is 35.0 Å². The van der Waals surface area contributed by atoms with Crippen LogP contribution in [0.15, 0.2) is 35.2 Å². The van der Waals surface area contributed by atoms with E-state index < -0.39 is 17.7 Å². The predicted molar refractivity (Wildman–Crippen MR) is 101 cm³/mol. The first-order valence-corrected chi connectivity index (χ1v) is 9.63. The van der Waals surface area contributed by atoms with Gasteiger partial charge in [0.1, 0.15) is 5.76 Å². The molecule has 1 aromatic heterocycles. The normalized spacial score (nSPS) is 20.5. The van der Waals surface area contributed by atoms with Crippen molar-refractivity contribution in [2.75, 3.05) is 13.3 Å². The number of aliphatic hydroxyl groups is 1. The van der Waals surface area contributed by atoms with E-state index in [4.69, 9.17) is 9.47 Å². The molecule has 6 nitrogen and oxygen atoms in total. The molecule has 2 aliphatic rings. The highest BCUT2D eigenvalue weighted by Gasteiger charge is 2.46. The zero-order chi connectivity index (χ0) is 19.1. The molecule has 7 heteroatoms. The Labute approximate surface area is 160 Å². The van der Waals surface area contributed by atoms with Crippen molar-refractivity contribution in [2.45, 2.75) is 26.3 Å². The summed E-state index contributed by atoms with van der Waals surface area (Å²) in [6.45, 7) is 4.47. The van der Waals surface area contributed by atoms with E-state index in [1.54, 1.807) is 23.1 Å². The Bertz CT molecular complexity index is 961. The third kappa shape index (κ3) is 2.78. The van der Waals surface area contributed by atoms with Crippen LogP contribution < -0.4 is 9.47 Å². The van der Waals surface area contributed by atoms with Gasteiger partial charge in [-0.05, 0) is 48.6 Å². The summed E-state index contributed by atoms with van der Waals surface area (Å²) < 4.78 is 10.7. The maximum atomic E-state index is 12.8. The lowest BCUT2D eigenvalue weighted by Gasteiger charge is -2.24. The number of Topliss-reactive ketones (excluding diaryl/α,β-unsaturated/α-hetero) is 1. The van der Waals surface area contributed by atoms with E-state index in [0.717, 1.165) is 16.9 Å². The number of hydrogen-bond acceptors (Lipinski definition) is 6. The van der Waals surface area contributed by atoms with Gasteiger partial charge in [-0.25, -0.2) is 0 Å². The number of carbonyl (C=O) groups excluding carboxylic acids is 2. The van der Waals surface area contributed by atoms with Gasteiger partial charge in [0.15, 0.2) is 11.5 Å². The second-order valence-corrected chi connectivity index (χ2v) is 7.48. The third-order valence-electron chi connectivity index (χ3n) is 4.80. The number of hydrogen-bond donors (Lipinski definition) is 1. The maximum absolute atomic E-state index is 12.8. The summed E-state index contributed by atoms with van der Waals surface area (Å²) in [5.74, 6) is -0.328. The molecule has 0 saturated carbocycles. The largest absolute Gasteiger partial charge is 0.507 e. The van der Waals surface area contributed by atoms with Gasteiger partial charge in [-0.3, -0.25) is 9.59 Å². The highest BCUT2D eigenvalue weighted by molar-refractivity contribution is 7.10. The molecule has 0 spiro atoms. The van der Waals surface area contributed by atoms with E-state index in [-0.39, 0.29) is 18.1 Å². The molecule has 1 N–H and O–H groups in total. The van der Waals surface area contributed by atoms with Crippen molar-refractivity contribution in [2.24, 2.45) is 0 Å². The maximum Gasteiger partial charge on any atom is 0.295 e. The molecule has 4 rings (SSSR count). The number of likely N-dealkylation sites (tertiary alicyclic amines) is 1. The summed E-state index contributed by atoms with van der Waals surface area (Å²) in [5, 5.41) is 12.9. The van der Waals surface area contributed by atoms with Crippen molar-refractivity contribution in [3.8, 4) is 11.5 Å². The molecule has 1 fully saturated rings. The first kappa shape index (κ1) is 17.6. The molecular weight excluding hydrogens is 366 g/mol. The molecule has 0 bridgehead atoms. The number of ether oxygens (including phenoxy) is 2. The van der Waals surface area contributed by atoms with Crippen LogP contribution in [0.4, 0.5) is 0 Å². The molecule has 3 heterocycles. The first-order chi connectivity index (χ1) is 13.0. The standard InChI is InChI=1S/C20H19NO5S/c1-3-7-21-16(19-11(2)6-8-27-19)15(18(23)20(21)24)17(22)12-4-5-13-14(9-12)26-10-25-13/h4-6,8-9,16,22H,3,7,10H2,1-2H3/b17-15-. The second kappa shape index (κ2) is 6.74. The minimum Gasteiger partial charge on any atom is -0.507 e. The van der Waals surface area contributed by atoms with Crippen LogP contribution in [0.3, 0.4) is 0 Å². The van der Waals surface area contributed by atoms with Crippen LogP contribution in [0, 0.1) is 6.92 Å². The number of carbonyl (C=O) groups is 2. The summed E-state index contributed by atoms with van der Waals surface area (Å²) in [7, 11) is 0. The Hall–Kier alpha value is -2.80. The van der Waals surface area contributed by atoms with Gasteiger partial charge < -0.3 is 19.5 Å². The molecular formula is C20H19NO5S. The molecule has 140 valence electrons. The summed E-state index contributed by atoms with van der Waals surface area (Å²) in [6.07, 6.45) is 0.720. The highest BCUT2D eigenvalue weighted by atomic mass is 32.1. The van der Waals surface area contributed by atoms with Gasteiger partial charge in [0, 0.05) is 17.0 Å². The van der Waals surface area contributed by atoms with E-state index in [0.29, 0.717) is 23.6 Å². The van der Waals surface area contributed by atoms with E-state index in [9.17, 15) is 14.7 Å². The SMILES string of the molecule is CCCN1C(=O)C(=O)/C(=C(\O)c2ccc3c(c2)OCO3)C1c1sccc1C. The van der Waals surface area contributed by atoms with Crippen molar-refractivity contribution in [1.82, 2.24) is 4.90 Å². The topological polar surface area (TPSA) is 76.1 Å². The predicted octanol–water partition coefficient (Wildman–Crippen LogP) is 3.62. The fourth-order valence-corrected chi connectivity index (χ4v) is 4.53. The fraction of sp³-hybridized carbons (Fsp3) is 0.300. The zero-order valence-electron chi connectivity index (χ0n) is 15.0. The molecule has 1 aromatic carbocycles. The number of benzene rings is 1. The lowest BCUT2D eigenvalue weighted by molar-refractivity contribution is -0.139. The van der Waals surface area contributed by atoms with Gasteiger partial charge >= 0.3 is 0 Å². The average molecular weight is 385 g/mol. The van der Waals surface area contributed by atoms with Crippen molar-refractivity contribution in [1.29, 1.82) is 0 Å². The number of nitrogens with zero attached hydrogens (tertiary/aromatic N) is 1. The first-order valence-electron chi connectivity index (χ1n) is 8.75. The van der Waals surface area contributed by atoms with Gasteiger partial charge in [0.2, 0.25) is 6.79 Å². The Balaban J connectivity index is 1.87. The number of rotatable bonds is 4. The van der Waals surface area contributed by atoms with Gasteiger partial charge in [-0.1, -0.05) is 6.92 Å². The summed E-state index contributed by atoms with van der Waals surface area (Å²) in [4.78, 5) is 27.9. The number of aliphatic hydroxyl groups excluding tert-OH is 1. The molecule has 0 aliphatic carbocycles. The minimum atomic E-state index is -0.656. The molecule has 1 atom stereocenters. The quantitative estimate of drug-likeness (QED) is 0.494. The van der Waals surface area contributed by atoms with Gasteiger partial charge in [-0.2, -0.15) is 0 Å². The van der Waals surface area contributed by atoms with Crippen molar-refractivity contribution >= 4 is 28.8 Å². The van der Waals surface area contributed by atoms with Crippen molar-refractivity contribution in [3.63, 3.8) is 0 Å². The number of fused-ring (bicyclic) bond motifs is 1. The molecule has 27 heavy (non-hydrogen) atoms. The van der Waals surface area contributed by atoms with Gasteiger partial charge in [0.05, 0.1) is 11.6 Å². The average Bonchev–Trinajstić information content (AvgIpc) is 3.35. The van der Waals surface area contributed by atoms with Crippen molar-refractivity contribution in [3.05, 3.63) is 51.2 Å². The van der Waals surface area contributed by atoms with E-state index in [1.807, 2.05) is 25.3 Å². The molecule has 1 amide bonds. The molecule has 1 saturated heterocycles. The number of ketones is 1. The second-order valence-electron chi connectivity index (χ2n) is 6.53. The van der Waals surface area contributed by atoms with E-state index >= 15 is 0 Å². The van der Waals surface area contributed by atoms with Crippen LogP contribution in [0.5, 0.6) is 11.5 Å². The summed E-state index contributed by atoms with van der Waals surface area (Å²) in [5.41, 5.74) is 1.54. The summed E-state index contributed by atoms with van der Waals surface area (Å²) >= 11 is 1.48. The Morgan fingerprint density at radius 1 is 1.26 bits per heavy atom. The molecule has 2 aromatic rings. The van der Waals surface area contributed by atoms with Crippen LogP contribution in [0.25, 0.3) is 5.76 Å². The highest BCUT2D eigenvalue weighted by Crippen LogP contribution is 2.43. The van der Waals surface area contributed by atoms with Crippen LogP contribution >= 0.6 is 11.3 Å². The number of aryl methyl sites for hydroxylation is 1. The van der Waals surface area contributed by atoms with Gasteiger partial charge in [0.25, 0.3) is 11.7 Å². The Kier molecular flexibility index (Phi) is 4.39. The van der Waals surface area contributed by atoms with Crippen LogP contribution in [0.1, 0.15) is 35.4 Å². The van der Waals surface area contributed by atoms with E-state index in [1.165, 1.54) is 11.3 Å². The number of amides is 1. The minimum absolute atomic E-state index is 0.120. The van der Waals surface area contributed by atoms with Gasteiger partial charge in [-0.15, -0.1) is 11.3 Å². The smallest absolute Gasteiger partial charge is 0.295 e. The lowest BCUT2D eigenvalue weighted by atomic mass is 9.98. The van der Waals surface area contributed by atoms with Crippen molar-refractivity contribution < 1.29 is 24.2 Å². The Morgan fingerprint density at radius 2 is 2.04 bits per heavy atom. The molecule has 2 aliphatic heterocycles. The molecule has 0 radical (unpaired) electrons. The lowest BCUT2D eigenvalue weighted by Crippen LogP contribution is -2.30. The Morgan fingerprint density at radius 3 is 2.74 bits per heavy atom. The van der Waals surface area contributed by atoms with Crippen LogP contribution in [0.2, 0.25) is 0 Å². The fourth-order valence-electron chi connectivity index (χ4n) is 3.49. The summed E-state index contributed by atoms with van der Waals surface area (Å²) in [6, 6.07) is 6.35. The van der Waals surface area contributed by atoms with Crippen LogP contribution in [-0.2, 0) is 9.59 Å². The monoisotopic (exact) mass is 385 g/mol.